The van der Waals surface area contributed by atoms with Crippen LogP contribution >= 0.6 is 0 Å². The number of aromatic hydroxyl groups is 1. The number of aromatic amines is 1. The summed E-state index contributed by atoms with van der Waals surface area (Å²) < 4.78 is 5.10. The van der Waals surface area contributed by atoms with Crippen LogP contribution < -0.4 is 0 Å². The number of esters is 1. The van der Waals surface area contributed by atoms with Crippen molar-refractivity contribution in [2.24, 2.45) is 0 Å². The molecular formula is C22H15N3O4. The van der Waals surface area contributed by atoms with Crippen LogP contribution in [0.25, 0.3) is 27.4 Å². The molecule has 0 unspecified atom stereocenters. The lowest BCUT2D eigenvalue weighted by molar-refractivity contribution is 0.0500. The maximum Gasteiger partial charge on any atom is 0.342 e. The summed E-state index contributed by atoms with van der Waals surface area (Å²) in [6.45, 7) is -0.537. The minimum Gasteiger partial charge on any atom is -0.507 e. The molecular weight excluding hydrogens is 370 g/mol. The highest BCUT2D eigenvalue weighted by Gasteiger charge is 2.18. The largest absolute Gasteiger partial charge is 0.507 e. The fourth-order valence-corrected chi connectivity index (χ4v) is 3.03. The molecule has 7 heteroatoms. The van der Waals surface area contributed by atoms with Crippen molar-refractivity contribution in [2.45, 2.75) is 0 Å². The molecule has 7 nitrogen and oxygen atoms in total. The Labute approximate surface area is 165 Å². The van der Waals surface area contributed by atoms with Crippen molar-refractivity contribution in [3.05, 3.63) is 77.8 Å². The highest BCUT2D eigenvalue weighted by molar-refractivity contribution is 6.01. The second-order valence-corrected chi connectivity index (χ2v) is 6.30. The van der Waals surface area contributed by atoms with Gasteiger partial charge in [-0.1, -0.05) is 42.5 Å². The number of hydrogen-bond donors (Lipinski definition) is 3. The first-order chi connectivity index (χ1) is 14.1. The second-order valence-electron chi connectivity index (χ2n) is 6.30. The zero-order chi connectivity index (χ0) is 20.4. The summed E-state index contributed by atoms with van der Waals surface area (Å²) >= 11 is 0. The Morgan fingerprint density at radius 1 is 1.10 bits per heavy atom. The van der Waals surface area contributed by atoms with Crippen LogP contribution in [0.5, 0.6) is 5.75 Å². The number of aromatic nitrogens is 2. The molecule has 0 aliphatic rings. The van der Waals surface area contributed by atoms with Crippen molar-refractivity contribution < 1.29 is 19.7 Å². The second kappa shape index (κ2) is 7.37. The van der Waals surface area contributed by atoms with Gasteiger partial charge in [-0.3, -0.25) is 0 Å². The molecule has 1 heterocycles. The summed E-state index contributed by atoms with van der Waals surface area (Å²) in [6.07, 6.45) is 0. The number of aliphatic hydroxyl groups excluding tert-OH is 1. The van der Waals surface area contributed by atoms with E-state index >= 15 is 0 Å². The number of allylic oxidation sites excluding steroid dienone is 1. The van der Waals surface area contributed by atoms with Gasteiger partial charge in [0, 0.05) is 5.39 Å². The SMILES string of the molecule is N#C/C(=C(\O)COC(=O)c1ccc2ccccc2c1O)c1nc2ccccc2[nH]1. The normalized spacial score (nSPS) is 11.8. The van der Waals surface area contributed by atoms with Crippen molar-refractivity contribution in [3.8, 4) is 11.8 Å². The molecule has 0 radical (unpaired) electrons. The van der Waals surface area contributed by atoms with E-state index in [1.807, 2.05) is 24.3 Å². The summed E-state index contributed by atoms with van der Waals surface area (Å²) in [5, 5.41) is 31.3. The number of phenols is 1. The van der Waals surface area contributed by atoms with E-state index in [-0.39, 0.29) is 22.7 Å². The van der Waals surface area contributed by atoms with E-state index in [1.165, 1.54) is 6.07 Å². The molecule has 0 aliphatic heterocycles. The van der Waals surface area contributed by atoms with Gasteiger partial charge in [-0.2, -0.15) is 5.26 Å². The molecule has 0 amide bonds. The lowest BCUT2D eigenvalue weighted by atomic mass is 10.1. The number of nitrogens with zero attached hydrogens (tertiary/aromatic N) is 2. The number of H-pyrrole nitrogens is 1. The number of carbonyl (C=O) groups excluding carboxylic acids is 1. The molecule has 0 bridgehead atoms. The van der Waals surface area contributed by atoms with Gasteiger partial charge >= 0.3 is 5.97 Å². The van der Waals surface area contributed by atoms with E-state index in [2.05, 4.69) is 9.97 Å². The maximum atomic E-state index is 12.4. The molecule has 0 atom stereocenters. The topological polar surface area (TPSA) is 119 Å². The van der Waals surface area contributed by atoms with Gasteiger partial charge < -0.3 is 19.9 Å². The fraction of sp³-hybridized carbons (Fsp3) is 0.0455. The number of nitrogens with one attached hydrogen (secondary N) is 1. The highest BCUT2D eigenvalue weighted by Crippen LogP contribution is 2.29. The maximum absolute atomic E-state index is 12.4. The Kier molecular flexibility index (Phi) is 4.59. The van der Waals surface area contributed by atoms with Crippen LogP contribution in [0.3, 0.4) is 0 Å². The van der Waals surface area contributed by atoms with Gasteiger partial charge in [0.1, 0.15) is 29.6 Å². The molecule has 142 valence electrons. The molecule has 29 heavy (non-hydrogen) atoms. The molecule has 4 aromatic rings. The zero-order valence-corrected chi connectivity index (χ0v) is 15.1. The Bertz CT molecular complexity index is 1280. The smallest absolute Gasteiger partial charge is 0.342 e. The first kappa shape index (κ1) is 18.1. The van der Waals surface area contributed by atoms with Crippen LogP contribution in [-0.2, 0) is 4.74 Å². The lowest BCUT2D eigenvalue weighted by Crippen LogP contribution is -2.09. The number of hydrogen-bond acceptors (Lipinski definition) is 6. The number of para-hydroxylation sites is 2. The summed E-state index contributed by atoms with van der Waals surface area (Å²) in [4.78, 5) is 19.6. The number of rotatable bonds is 4. The Morgan fingerprint density at radius 3 is 2.66 bits per heavy atom. The van der Waals surface area contributed by atoms with E-state index in [9.17, 15) is 20.3 Å². The first-order valence-corrected chi connectivity index (χ1v) is 8.73. The molecule has 3 N–H and O–H groups in total. The number of fused-ring (bicyclic) bond motifs is 2. The minimum atomic E-state index is -0.818. The zero-order valence-electron chi connectivity index (χ0n) is 15.1. The van der Waals surface area contributed by atoms with Crippen LogP contribution in [0, 0.1) is 11.3 Å². The number of benzene rings is 3. The Morgan fingerprint density at radius 2 is 1.86 bits per heavy atom. The molecule has 0 aliphatic carbocycles. The predicted octanol–water partition coefficient (Wildman–Crippen LogP) is 4.07. The van der Waals surface area contributed by atoms with Crippen molar-refractivity contribution >= 4 is 33.3 Å². The molecule has 4 rings (SSSR count). The van der Waals surface area contributed by atoms with E-state index in [4.69, 9.17) is 4.74 Å². The molecule has 3 aromatic carbocycles. The van der Waals surface area contributed by atoms with Crippen molar-refractivity contribution in [1.29, 1.82) is 5.26 Å². The number of carbonyl (C=O) groups is 1. The minimum absolute atomic E-state index is 0.0289. The first-order valence-electron chi connectivity index (χ1n) is 8.73. The highest BCUT2D eigenvalue weighted by atomic mass is 16.5. The number of aliphatic hydroxyl groups is 1. The van der Waals surface area contributed by atoms with Crippen molar-refractivity contribution in [2.75, 3.05) is 6.61 Å². The summed E-state index contributed by atoms with van der Waals surface area (Å²) in [7, 11) is 0. The quantitative estimate of drug-likeness (QED) is 0.277. The third-order valence-corrected chi connectivity index (χ3v) is 4.49. The molecule has 0 spiro atoms. The number of nitriles is 1. The summed E-state index contributed by atoms with van der Waals surface area (Å²) in [5.74, 6) is -1.29. The lowest BCUT2D eigenvalue weighted by Gasteiger charge is -2.09. The molecule has 0 saturated heterocycles. The average molecular weight is 385 g/mol. The van der Waals surface area contributed by atoms with Gasteiger partial charge in [-0.25, -0.2) is 9.78 Å². The summed E-state index contributed by atoms with van der Waals surface area (Å²) in [6, 6.07) is 19.3. The Balaban J connectivity index is 1.58. The van der Waals surface area contributed by atoms with Crippen molar-refractivity contribution in [3.63, 3.8) is 0 Å². The van der Waals surface area contributed by atoms with E-state index in [0.29, 0.717) is 16.4 Å². The molecule has 0 fully saturated rings. The third-order valence-electron chi connectivity index (χ3n) is 4.49. The number of ether oxygens (including phenoxy) is 1. The number of imidazole rings is 1. The third kappa shape index (κ3) is 3.35. The van der Waals surface area contributed by atoms with Crippen LogP contribution in [-0.4, -0.2) is 32.8 Å². The van der Waals surface area contributed by atoms with Gasteiger partial charge in [-0.15, -0.1) is 0 Å². The molecule has 1 aromatic heterocycles. The predicted molar refractivity (Wildman–Crippen MR) is 107 cm³/mol. The summed E-state index contributed by atoms with van der Waals surface area (Å²) in [5.41, 5.74) is 1.19. The van der Waals surface area contributed by atoms with Gasteiger partial charge in [0.05, 0.1) is 11.0 Å². The van der Waals surface area contributed by atoms with Crippen molar-refractivity contribution in [1.82, 2.24) is 9.97 Å². The molecule has 0 saturated carbocycles. The number of phenolic OH excluding ortho intramolecular Hbond substituents is 1. The average Bonchev–Trinajstić information content (AvgIpc) is 3.16. The van der Waals surface area contributed by atoms with Gasteiger partial charge in [0.25, 0.3) is 0 Å². The monoisotopic (exact) mass is 385 g/mol. The Hall–Kier alpha value is -4.31. The van der Waals surface area contributed by atoms with Crippen LogP contribution in [0.2, 0.25) is 0 Å². The van der Waals surface area contributed by atoms with E-state index < -0.39 is 18.3 Å². The van der Waals surface area contributed by atoms with Crippen LogP contribution in [0.15, 0.2) is 66.4 Å². The van der Waals surface area contributed by atoms with Gasteiger partial charge in [-0.05, 0) is 23.6 Å². The van der Waals surface area contributed by atoms with Crippen LogP contribution in [0.4, 0.5) is 0 Å². The van der Waals surface area contributed by atoms with E-state index in [0.717, 1.165) is 5.39 Å². The van der Waals surface area contributed by atoms with Gasteiger partial charge in [0.2, 0.25) is 0 Å². The van der Waals surface area contributed by atoms with E-state index in [1.54, 1.807) is 36.4 Å². The standard InChI is InChI=1S/C22H15N3O4/c23-11-16(21-24-17-7-3-4-8-18(17)25-21)19(26)12-29-22(28)15-10-9-13-5-1-2-6-14(13)20(15)27/h1-10,26-27H,12H2,(H,24,25)/b19-16+. The fourth-order valence-electron chi connectivity index (χ4n) is 3.03. The van der Waals surface area contributed by atoms with Gasteiger partial charge in [0.15, 0.2) is 11.6 Å². The van der Waals surface area contributed by atoms with Crippen LogP contribution in [0.1, 0.15) is 16.2 Å².